The molecule has 0 saturated heterocycles. The Balaban J connectivity index is 2.51. The quantitative estimate of drug-likeness (QED) is 0.615. The fraction of sp³-hybridized carbons (Fsp3) is 0.611. The molecule has 5 heteroatoms. The van der Waals surface area contributed by atoms with Gasteiger partial charge in [0.15, 0.2) is 0 Å². The molecule has 0 spiro atoms. The van der Waals surface area contributed by atoms with Gasteiger partial charge in [0.25, 0.3) is 0 Å². The van der Waals surface area contributed by atoms with Crippen LogP contribution in [-0.4, -0.2) is 29.0 Å². The number of benzene rings is 1. The highest BCUT2D eigenvalue weighted by Crippen LogP contribution is 2.28. The van der Waals surface area contributed by atoms with Crippen molar-refractivity contribution in [2.24, 2.45) is 5.92 Å². The summed E-state index contributed by atoms with van der Waals surface area (Å²) >= 11 is 1.85. The molecule has 2 amide bonds. The van der Waals surface area contributed by atoms with E-state index < -0.39 is 0 Å². The van der Waals surface area contributed by atoms with E-state index in [0.717, 1.165) is 17.7 Å². The standard InChI is InChI=1S/C18H30N2O2S/c1-6-15(5)23-16-7-8-17(13(3)10-16)20-18(22)19-11-12(2)9-14(4)21/h7-8,10,12,14-15,21H,6,9,11H2,1-5H3,(H2,19,20,22). The van der Waals surface area contributed by atoms with Crippen molar-refractivity contribution in [3.05, 3.63) is 23.8 Å². The maximum atomic E-state index is 12.0. The van der Waals surface area contributed by atoms with E-state index in [0.29, 0.717) is 18.2 Å². The first-order chi connectivity index (χ1) is 10.8. The van der Waals surface area contributed by atoms with Gasteiger partial charge in [-0.2, -0.15) is 0 Å². The van der Waals surface area contributed by atoms with E-state index in [1.807, 2.05) is 31.7 Å². The molecule has 4 nitrogen and oxygen atoms in total. The topological polar surface area (TPSA) is 61.4 Å². The van der Waals surface area contributed by atoms with Crippen LogP contribution < -0.4 is 10.6 Å². The highest BCUT2D eigenvalue weighted by Gasteiger charge is 2.10. The molecule has 0 saturated carbocycles. The first-order valence-corrected chi connectivity index (χ1v) is 9.20. The van der Waals surface area contributed by atoms with Gasteiger partial charge < -0.3 is 15.7 Å². The average Bonchev–Trinajstić information content (AvgIpc) is 2.47. The third-order valence-corrected chi connectivity index (χ3v) is 4.97. The molecule has 1 aromatic carbocycles. The predicted octanol–water partition coefficient (Wildman–Crippen LogP) is 4.41. The molecule has 0 radical (unpaired) electrons. The minimum Gasteiger partial charge on any atom is -0.393 e. The molecule has 0 aromatic heterocycles. The SMILES string of the molecule is CCC(C)Sc1ccc(NC(=O)NCC(C)CC(C)O)c(C)c1. The lowest BCUT2D eigenvalue weighted by molar-refractivity contribution is 0.163. The smallest absolute Gasteiger partial charge is 0.319 e. The highest BCUT2D eigenvalue weighted by molar-refractivity contribution is 7.99. The molecule has 0 aliphatic heterocycles. The number of aliphatic hydroxyl groups is 1. The van der Waals surface area contributed by atoms with E-state index in [9.17, 15) is 9.90 Å². The molecule has 0 fully saturated rings. The summed E-state index contributed by atoms with van der Waals surface area (Å²) < 4.78 is 0. The third-order valence-electron chi connectivity index (χ3n) is 3.71. The van der Waals surface area contributed by atoms with Crippen LogP contribution in [0.1, 0.15) is 46.1 Å². The van der Waals surface area contributed by atoms with E-state index in [2.05, 4.69) is 36.6 Å². The molecule has 1 rings (SSSR count). The van der Waals surface area contributed by atoms with E-state index >= 15 is 0 Å². The lowest BCUT2D eigenvalue weighted by atomic mass is 10.1. The minimum absolute atomic E-state index is 0.201. The fourth-order valence-corrected chi connectivity index (χ4v) is 3.29. The van der Waals surface area contributed by atoms with Gasteiger partial charge in [0, 0.05) is 22.4 Å². The summed E-state index contributed by atoms with van der Waals surface area (Å²) in [6.45, 7) is 10.7. The second-order valence-corrected chi connectivity index (χ2v) is 7.85. The van der Waals surface area contributed by atoms with Crippen molar-refractivity contribution in [1.29, 1.82) is 0 Å². The summed E-state index contributed by atoms with van der Waals surface area (Å²) in [5.41, 5.74) is 1.89. The molecule has 23 heavy (non-hydrogen) atoms. The Morgan fingerprint density at radius 1 is 1.30 bits per heavy atom. The number of amides is 2. The number of thioether (sulfide) groups is 1. The Morgan fingerprint density at radius 2 is 2.00 bits per heavy atom. The second-order valence-electron chi connectivity index (χ2n) is 6.34. The molecular formula is C18H30N2O2S. The average molecular weight is 339 g/mol. The molecule has 0 aliphatic carbocycles. The lowest BCUT2D eigenvalue weighted by Crippen LogP contribution is -2.33. The summed E-state index contributed by atoms with van der Waals surface area (Å²) in [6, 6.07) is 5.92. The monoisotopic (exact) mass is 338 g/mol. The molecule has 3 N–H and O–H groups in total. The van der Waals surface area contributed by atoms with Gasteiger partial charge >= 0.3 is 6.03 Å². The van der Waals surface area contributed by atoms with Crippen molar-refractivity contribution in [2.45, 2.75) is 63.7 Å². The van der Waals surface area contributed by atoms with Crippen LogP contribution in [0.5, 0.6) is 0 Å². The molecule has 130 valence electrons. The van der Waals surface area contributed by atoms with Crippen molar-refractivity contribution in [2.75, 3.05) is 11.9 Å². The number of carbonyl (C=O) groups excluding carboxylic acids is 1. The van der Waals surface area contributed by atoms with E-state index in [1.165, 1.54) is 4.90 Å². The molecule has 3 atom stereocenters. The van der Waals surface area contributed by atoms with Crippen LogP contribution in [-0.2, 0) is 0 Å². The zero-order valence-electron chi connectivity index (χ0n) is 14.8. The summed E-state index contributed by atoms with van der Waals surface area (Å²) in [6.07, 6.45) is 1.48. The Kier molecular flexibility index (Phi) is 8.48. The largest absolute Gasteiger partial charge is 0.393 e. The normalized spacial score (nSPS) is 14.9. The van der Waals surface area contributed by atoms with Crippen LogP contribution in [0.2, 0.25) is 0 Å². The van der Waals surface area contributed by atoms with Crippen LogP contribution >= 0.6 is 11.8 Å². The predicted molar refractivity (Wildman–Crippen MR) is 99.3 cm³/mol. The maximum Gasteiger partial charge on any atom is 0.319 e. The van der Waals surface area contributed by atoms with E-state index in [-0.39, 0.29) is 18.1 Å². The molecule has 1 aromatic rings. The molecule has 0 heterocycles. The molecule has 0 aliphatic rings. The summed E-state index contributed by atoms with van der Waals surface area (Å²) in [7, 11) is 0. The van der Waals surface area contributed by atoms with Gasteiger partial charge in [-0.3, -0.25) is 0 Å². The third kappa shape index (κ3) is 7.75. The Labute approximate surface area is 144 Å². The zero-order chi connectivity index (χ0) is 17.4. The first kappa shape index (κ1) is 19.8. The number of hydrogen-bond acceptors (Lipinski definition) is 3. The molecule has 3 unspecified atom stereocenters. The van der Waals surface area contributed by atoms with Crippen molar-refractivity contribution in [3.63, 3.8) is 0 Å². The number of urea groups is 1. The van der Waals surface area contributed by atoms with Crippen molar-refractivity contribution < 1.29 is 9.90 Å². The number of carbonyl (C=O) groups is 1. The lowest BCUT2D eigenvalue weighted by Gasteiger charge is -2.16. The van der Waals surface area contributed by atoms with Gasteiger partial charge in [-0.15, -0.1) is 11.8 Å². The molecular weight excluding hydrogens is 308 g/mol. The van der Waals surface area contributed by atoms with Crippen LogP contribution in [0.25, 0.3) is 0 Å². The number of aliphatic hydroxyl groups excluding tert-OH is 1. The molecule has 0 bridgehead atoms. The Morgan fingerprint density at radius 3 is 2.57 bits per heavy atom. The highest BCUT2D eigenvalue weighted by atomic mass is 32.2. The summed E-state index contributed by atoms with van der Waals surface area (Å²) in [5, 5.41) is 15.7. The van der Waals surface area contributed by atoms with E-state index in [1.54, 1.807) is 6.92 Å². The number of rotatable bonds is 8. The maximum absolute atomic E-state index is 12.0. The van der Waals surface area contributed by atoms with Crippen LogP contribution in [0.15, 0.2) is 23.1 Å². The van der Waals surface area contributed by atoms with Crippen LogP contribution in [0.3, 0.4) is 0 Å². The van der Waals surface area contributed by atoms with Crippen molar-refractivity contribution in [1.82, 2.24) is 5.32 Å². The van der Waals surface area contributed by atoms with Gasteiger partial charge in [0.1, 0.15) is 0 Å². The first-order valence-electron chi connectivity index (χ1n) is 8.32. The van der Waals surface area contributed by atoms with Gasteiger partial charge in [-0.25, -0.2) is 4.79 Å². The summed E-state index contributed by atoms with van der Waals surface area (Å²) in [5.74, 6) is 0.246. The summed E-state index contributed by atoms with van der Waals surface area (Å²) in [4.78, 5) is 13.2. The number of anilines is 1. The minimum atomic E-state index is -0.340. The van der Waals surface area contributed by atoms with Gasteiger partial charge in [-0.05, 0) is 56.4 Å². The van der Waals surface area contributed by atoms with Crippen molar-refractivity contribution >= 4 is 23.5 Å². The zero-order valence-corrected chi connectivity index (χ0v) is 15.7. The number of hydrogen-bond donors (Lipinski definition) is 3. The van der Waals surface area contributed by atoms with Crippen LogP contribution in [0, 0.1) is 12.8 Å². The Hall–Kier alpha value is -1.20. The number of nitrogens with one attached hydrogen (secondary N) is 2. The second kappa shape index (κ2) is 9.83. The van der Waals surface area contributed by atoms with Crippen molar-refractivity contribution in [3.8, 4) is 0 Å². The van der Waals surface area contributed by atoms with Gasteiger partial charge in [0.05, 0.1) is 6.10 Å². The van der Waals surface area contributed by atoms with Crippen LogP contribution in [0.4, 0.5) is 10.5 Å². The fourth-order valence-electron chi connectivity index (χ4n) is 2.26. The van der Waals surface area contributed by atoms with Gasteiger partial charge in [-0.1, -0.05) is 20.8 Å². The number of aryl methyl sites for hydroxylation is 1. The Bertz CT molecular complexity index is 506. The van der Waals surface area contributed by atoms with E-state index in [4.69, 9.17) is 0 Å². The van der Waals surface area contributed by atoms with Gasteiger partial charge in [0.2, 0.25) is 0 Å².